The number of hydrogen-bond acceptors (Lipinski definition) is 6. The van der Waals surface area contributed by atoms with Gasteiger partial charge in [-0.3, -0.25) is 14.4 Å². The van der Waals surface area contributed by atoms with Crippen molar-refractivity contribution in [1.29, 1.82) is 0 Å². The van der Waals surface area contributed by atoms with Crippen LogP contribution < -0.4 is 0 Å². The summed E-state index contributed by atoms with van der Waals surface area (Å²) in [5.74, 6) is -1.51. The van der Waals surface area contributed by atoms with Crippen LogP contribution in [0.3, 0.4) is 0 Å². The first-order valence-corrected chi connectivity index (χ1v) is 8.25. The molecule has 132 valence electrons. The van der Waals surface area contributed by atoms with E-state index in [0.717, 1.165) is 5.39 Å². The molecule has 1 aliphatic rings. The van der Waals surface area contributed by atoms with Crippen molar-refractivity contribution in [2.24, 2.45) is 11.8 Å². The molecule has 3 rings (SSSR count). The monoisotopic (exact) mass is 364 g/mol. The Hall–Kier alpha value is -2.34. The van der Waals surface area contributed by atoms with E-state index in [1.165, 1.54) is 13.8 Å². The smallest absolute Gasteiger partial charge is 0.312 e. The highest BCUT2D eigenvalue weighted by Crippen LogP contribution is 2.43. The van der Waals surface area contributed by atoms with Gasteiger partial charge in [0.1, 0.15) is 5.76 Å². The number of benzene rings is 1. The molecule has 2 aromatic rings. The molecular weight excluding hydrogens is 348 g/mol. The fraction of sp³-hybridized carbons (Fsp3) is 0.389. The molecule has 1 unspecified atom stereocenters. The molecule has 1 heterocycles. The van der Waals surface area contributed by atoms with Crippen molar-refractivity contribution < 1.29 is 28.3 Å². The molecule has 0 bridgehead atoms. The van der Waals surface area contributed by atoms with E-state index in [4.69, 9.17) is 25.5 Å². The lowest BCUT2D eigenvalue weighted by molar-refractivity contribution is -0.184. The minimum Gasteiger partial charge on any atom is -0.460 e. The number of Topliss-reactive ketones (excluding diaryl/α,β-unsaturated/α-hetero) is 1. The number of aryl methyl sites for hydroxylation is 1. The van der Waals surface area contributed by atoms with Gasteiger partial charge in [-0.1, -0.05) is 11.6 Å². The maximum absolute atomic E-state index is 12.6. The van der Waals surface area contributed by atoms with Gasteiger partial charge in [-0.2, -0.15) is 0 Å². The second-order valence-corrected chi connectivity index (χ2v) is 6.57. The Labute approximate surface area is 149 Å². The van der Waals surface area contributed by atoms with E-state index in [9.17, 15) is 14.4 Å². The van der Waals surface area contributed by atoms with Crippen LogP contribution in [0.25, 0.3) is 11.0 Å². The Bertz CT molecular complexity index is 868. The molecule has 0 amide bonds. The van der Waals surface area contributed by atoms with Crippen LogP contribution in [-0.4, -0.2) is 24.0 Å². The third-order valence-corrected chi connectivity index (χ3v) is 4.30. The van der Waals surface area contributed by atoms with Crippen molar-refractivity contribution in [2.75, 3.05) is 0 Å². The average molecular weight is 365 g/mol. The number of carbonyl (C=O) groups excluding carboxylic acids is 3. The molecular formula is C18H17ClO6. The number of ketones is 1. The Balaban J connectivity index is 1.69. The normalized spacial score (nSPS) is 20.2. The van der Waals surface area contributed by atoms with Gasteiger partial charge in [-0.05, 0) is 31.5 Å². The Morgan fingerprint density at radius 1 is 1.20 bits per heavy atom. The average Bonchev–Trinajstić information content (AvgIpc) is 3.21. The van der Waals surface area contributed by atoms with Gasteiger partial charge in [0, 0.05) is 30.7 Å². The number of ether oxygens (including phenoxy) is 2. The Kier molecular flexibility index (Phi) is 4.56. The highest BCUT2D eigenvalue weighted by Gasteiger charge is 2.49. The Morgan fingerprint density at radius 2 is 1.92 bits per heavy atom. The lowest BCUT2D eigenvalue weighted by Gasteiger charge is -2.12. The lowest BCUT2D eigenvalue weighted by Crippen LogP contribution is -2.22. The van der Waals surface area contributed by atoms with Gasteiger partial charge in [0.15, 0.2) is 11.4 Å². The fourth-order valence-corrected chi connectivity index (χ4v) is 3.11. The molecule has 1 fully saturated rings. The molecule has 1 aliphatic carbocycles. The van der Waals surface area contributed by atoms with Crippen molar-refractivity contribution in [1.82, 2.24) is 0 Å². The first kappa shape index (κ1) is 17.5. The Morgan fingerprint density at radius 3 is 2.60 bits per heavy atom. The van der Waals surface area contributed by atoms with Crippen LogP contribution in [0.4, 0.5) is 0 Å². The van der Waals surface area contributed by atoms with Gasteiger partial charge in [0.25, 0.3) is 0 Å². The van der Waals surface area contributed by atoms with Crippen LogP contribution in [-0.2, 0) is 19.1 Å². The van der Waals surface area contributed by atoms with Crippen molar-refractivity contribution in [3.63, 3.8) is 0 Å². The molecule has 0 N–H and O–H groups in total. The van der Waals surface area contributed by atoms with E-state index in [-0.39, 0.29) is 5.78 Å². The summed E-state index contributed by atoms with van der Waals surface area (Å²) in [4.78, 5) is 35.5. The van der Waals surface area contributed by atoms with E-state index in [1.54, 1.807) is 25.1 Å². The van der Waals surface area contributed by atoms with Crippen molar-refractivity contribution in [2.45, 2.75) is 33.5 Å². The second-order valence-electron chi connectivity index (χ2n) is 6.16. The zero-order valence-electron chi connectivity index (χ0n) is 14.0. The van der Waals surface area contributed by atoms with Gasteiger partial charge in [0.2, 0.25) is 6.29 Å². The highest BCUT2D eigenvalue weighted by atomic mass is 35.5. The molecule has 0 radical (unpaired) electrons. The van der Waals surface area contributed by atoms with Crippen LogP contribution in [0.1, 0.15) is 36.4 Å². The molecule has 6 nitrogen and oxygen atoms in total. The van der Waals surface area contributed by atoms with Gasteiger partial charge < -0.3 is 13.9 Å². The van der Waals surface area contributed by atoms with Gasteiger partial charge >= 0.3 is 11.9 Å². The summed E-state index contributed by atoms with van der Waals surface area (Å²) < 4.78 is 15.3. The molecule has 0 aliphatic heterocycles. The SMILES string of the molecule is CC(=O)OC(C)OC(=O)[C@H]1C[C@@H]1C(=O)c1cc(Cl)c2oc(C)cc2c1. The first-order chi connectivity index (χ1) is 11.8. The summed E-state index contributed by atoms with van der Waals surface area (Å²) in [6, 6.07) is 5.07. The highest BCUT2D eigenvalue weighted by molar-refractivity contribution is 6.35. The quantitative estimate of drug-likeness (QED) is 0.457. The zero-order chi connectivity index (χ0) is 18.3. The molecule has 0 saturated heterocycles. The van der Waals surface area contributed by atoms with Crippen molar-refractivity contribution in [3.05, 3.63) is 34.5 Å². The van der Waals surface area contributed by atoms with Crippen LogP contribution in [0.5, 0.6) is 0 Å². The van der Waals surface area contributed by atoms with Crippen LogP contribution in [0.2, 0.25) is 5.02 Å². The number of halogens is 1. The molecule has 7 heteroatoms. The van der Waals surface area contributed by atoms with Gasteiger partial charge in [0.05, 0.1) is 10.9 Å². The molecule has 1 aromatic heterocycles. The first-order valence-electron chi connectivity index (χ1n) is 7.88. The number of furan rings is 1. The van der Waals surface area contributed by atoms with E-state index in [2.05, 4.69) is 0 Å². The lowest BCUT2D eigenvalue weighted by atomic mass is 10.0. The third-order valence-electron chi connectivity index (χ3n) is 4.02. The van der Waals surface area contributed by atoms with Crippen LogP contribution in [0, 0.1) is 18.8 Å². The molecule has 25 heavy (non-hydrogen) atoms. The summed E-state index contributed by atoms with van der Waals surface area (Å²) in [6.07, 6.45) is -0.564. The van der Waals surface area contributed by atoms with E-state index in [1.807, 2.05) is 0 Å². The summed E-state index contributed by atoms with van der Waals surface area (Å²) in [5, 5.41) is 1.11. The molecule has 0 spiro atoms. The van der Waals surface area contributed by atoms with E-state index in [0.29, 0.717) is 28.4 Å². The second kappa shape index (κ2) is 6.52. The van der Waals surface area contributed by atoms with Crippen molar-refractivity contribution >= 4 is 40.3 Å². The number of hydrogen-bond donors (Lipinski definition) is 0. The minimum absolute atomic E-state index is 0.162. The largest absolute Gasteiger partial charge is 0.460 e. The summed E-state index contributed by atoms with van der Waals surface area (Å²) in [5.41, 5.74) is 0.976. The maximum atomic E-state index is 12.6. The summed E-state index contributed by atoms with van der Waals surface area (Å²) in [7, 11) is 0. The predicted octanol–water partition coefficient (Wildman–Crippen LogP) is 3.67. The molecule has 3 atom stereocenters. The van der Waals surface area contributed by atoms with E-state index < -0.39 is 30.1 Å². The van der Waals surface area contributed by atoms with E-state index >= 15 is 0 Å². The third kappa shape index (κ3) is 3.69. The number of esters is 2. The molecule has 1 saturated carbocycles. The van der Waals surface area contributed by atoms with Gasteiger partial charge in [-0.25, -0.2) is 0 Å². The standard InChI is InChI=1S/C18H17ClO6/c1-8-4-12-5-11(6-15(19)17(12)23-8)16(21)13-7-14(13)18(22)25-10(3)24-9(2)20/h4-6,10,13-14H,7H2,1-3H3/t10?,13-,14-/m0/s1. The maximum Gasteiger partial charge on any atom is 0.312 e. The number of carbonyl (C=O) groups is 3. The van der Waals surface area contributed by atoms with Gasteiger partial charge in [-0.15, -0.1) is 0 Å². The fourth-order valence-electron chi connectivity index (χ4n) is 2.85. The van der Waals surface area contributed by atoms with Crippen molar-refractivity contribution in [3.8, 4) is 0 Å². The summed E-state index contributed by atoms with van der Waals surface area (Å²) in [6.45, 7) is 4.48. The number of fused-ring (bicyclic) bond motifs is 1. The minimum atomic E-state index is -0.971. The van der Waals surface area contributed by atoms with Crippen LogP contribution in [0.15, 0.2) is 22.6 Å². The predicted molar refractivity (Wildman–Crippen MR) is 89.2 cm³/mol. The van der Waals surface area contributed by atoms with Crippen LogP contribution >= 0.6 is 11.6 Å². The summed E-state index contributed by atoms with van der Waals surface area (Å²) >= 11 is 6.17. The topological polar surface area (TPSA) is 82.8 Å². The molecule has 1 aromatic carbocycles. The number of rotatable bonds is 5. The zero-order valence-corrected chi connectivity index (χ0v) is 14.8.